The highest BCUT2D eigenvalue weighted by Crippen LogP contribution is 2.28. The Hall–Kier alpha value is -2.38. The molecule has 0 spiro atoms. The Kier molecular flexibility index (Phi) is 5.36. The molecule has 0 aliphatic rings. The number of nitrogens with zero attached hydrogens (tertiary/aromatic N) is 2. The van der Waals surface area contributed by atoms with Crippen LogP contribution in [0.4, 0.5) is 5.69 Å². The number of carbonyl (C=O) groups is 1. The fourth-order valence-electron chi connectivity index (χ4n) is 1.86. The number of hydrogen-bond acceptors (Lipinski definition) is 2. The molecule has 8 heteroatoms. The number of nitrogens with two attached hydrogens (primary N) is 3. The lowest BCUT2D eigenvalue weighted by Crippen LogP contribution is -2.26. The minimum atomic E-state index is -0.284. The van der Waals surface area contributed by atoms with Gasteiger partial charge in [0, 0.05) is 15.6 Å². The standard InChI is InChI=1S/C15H13BrClN5O/c16-8-5-6-12(21-15(20)22-14(18)19)10(7-8)13(23)9-3-1-2-4-11(9)17/h1-7H,(H6,18,19,20,21,22). The molecule has 0 fully saturated rings. The van der Waals surface area contributed by atoms with Gasteiger partial charge in [0.15, 0.2) is 11.7 Å². The number of ketones is 1. The van der Waals surface area contributed by atoms with Crippen molar-refractivity contribution < 1.29 is 4.79 Å². The van der Waals surface area contributed by atoms with Gasteiger partial charge in [0.05, 0.1) is 10.7 Å². The van der Waals surface area contributed by atoms with Crippen LogP contribution in [0.2, 0.25) is 5.02 Å². The highest BCUT2D eigenvalue weighted by Gasteiger charge is 2.17. The van der Waals surface area contributed by atoms with E-state index in [0.717, 1.165) is 0 Å². The average molecular weight is 395 g/mol. The lowest BCUT2D eigenvalue weighted by molar-refractivity contribution is 0.103. The molecule has 2 rings (SSSR count). The normalized spacial score (nSPS) is 11.1. The second kappa shape index (κ2) is 7.26. The number of carbonyl (C=O) groups excluding carboxylic acids is 1. The lowest BCUT2D eigenvalue weighted by atomic mass is 10.0. The van der Waals surface area contributed by atoms with Gasteiger partial charge in [0.2, 0.25) is 5.96 Å². The molecule has 0 heterocycles. The van der Waals surface area contributed by atoms with E-state index in [1.807, 2.05) is 0 Å². The van der Waals surface area contributed by atoms with Gasteiger partial charge in [-0.05, 0) is 30.3 Å². The Bertz CT molecular complexity index is 815. The maximum absolute atomic E-state index is 12.7. The SMILES string of the molecule is NC(N)=NC(N)=Nc1ccc(Br)cc1C(=O)c1ccccc1Cl. The van der Waals surface area contributed by atoms with Gasteiger partial charge in [-0.2, -0.15) is 4.99 Å². The Labute approximate surface area is 146 Å². The molecular formula is C15H13BrClN5O. The van der Waals surface area contributed by atoms with E-state index in [-0.39, 0.29) is 17.7 Å². The summed E-state index contributed by atoms with van der Waals surface area (Å²) in [5.74, 6) is -0.656. The van der Waals surface area contributed by atoms with Gasteiger partial charge in [-0.25, -0.2) is 4.99 Å². The number of guanidine groups is 2. The quantitative estimate of drug-likeness (QED) is 0.421. The van der Waals surface area contributed by atoms with Gasteiger partial charge in [-0.3, -0.25) is 4.79 Å². The summed E-state index contributed by atoms with van der Waals surface area (Å²) in [5, 5.41) is 0.351. The summed E-state index contributed by atoms with van der Waals surface area (Å²) in [6.07, 6.45) is 0. The zero-order valence-electron chi connectivity index (χ0n) is 11.8. The van der Waals surface area contributed by atoms with Crippen LogP contribution in [0.1, 0.15) is 15.9 Å². The molecule has 0 amide bonds. The lowest BCUT2D eigenvalue weighted by Gasteiger charge is -2.08. The molecule has 0 atom stereocenters. The average Bonchev–Trinajstić information content (AvgIpc) is 2.48. The summed E-state index contributed by atoms with van der Waals surface area (Å²) in [4.78, 5) is 20.5. The second-order valence-electron chi connectivity index (χ2n) is 4.48. The van der Waals surface area contributed by atoms with Gasteiger partial charge < -0.3 is 17.2 Å². The molecule has 0 aliphatic carbocycles. The third kappa shape index (κ3) is 4.30. The number of benzene rings is 2. The summed E-state index contributed by atoms with van der Waals surface area (Å²) in [7, 11) is 0. The number of hydrogen-bond donors (Lipinski definition) is 3. The molecule has 6 nitrogen and oxygen atoms in total. The number of halogens is 2. The van der Waals surface area contributed by atoms with Gasteiger partial charge in [0.25, 0.3) is 0 Å². The van der Waals surface area contributed by atoms with Gasteiger partial charge >= 0.3 is 0 Å². The molecule has 0 saturated carbocycles. The largest absolute Gasteiger partial charge is 0.370 e. The van der Waals surface area contributed by atoms with E-state index in [1.165, 1.54) is 0 Å². The first kappa shape index (κ1) is 17.0. The molecule has 0 bridgehead atoms. The van der Waals surface area contributed by atoms with Crippen molar-refractivity contribution in [2.45, 2.75) is 0 Å². The Morgan fingerprint density at radius 3 is 2.39 bits per heavy atom. The number of aliphatic imine (C=N–C) groups is 2. The van der Waals surface area contributed by atoms with Crippen molar-refractivity contribution in [2.24, 2.45) is 27.2 Å². The first-order chi connectivity index (χ1) is 10.9. The van der Waals surface area contributed by atoms with Gasteiger partial charge in [0.1, 0.15) is 0 Å². The smallest absolute Gasteiger partial charge is 0.223 e. The van der Waals surface area contributed by atoms with Crippen molar-refractivity contribution in [3.63, 3.8) is 0 Å². The Morgan fingerprint density at radius 1 is 1.04 bits per heavy atom. The first-order valence-electron chi connectivity index (χ1n) is 6.41. The van der Waals surface area contributed by atoms with E-state index < -0.39 is 0 Å². The van der Waals surface area contributed by atoms with Crippen LogP contribution < -0.4 is 17.2 Å². The van der Waals surface area contributed by atoms with E-state index in [2.05, 4.69) is 25.9 Å². The first-order valence-corrected chi connectivity index (χ1v) is 7.58. The highest BCUT2D eigenvalue weighted by atomic mass is 79.9. The maximum atomic E-state index is 12.7. The Morgan fingerprint density at radius 2 is 1.74 bits per heavy atom. The maximum Gasteiger partial charge on any atom is 0.223 e. The van der Waals surface area contributed by atoms with E-state index >= 15 is 0 Å². The zero-order chi connectivity index (χ0) is 17.0. The molecule has 2 aromatic carbocycles. The molecule has 118 valence electrons. The Balaban J connectivity index is 2.54. The molecule has 0 saturated heterocycles. The summed E-state index contributed by atoms with van der Waals surface area (Å²) < 4.78 is 0.715. The van der Waals surface area contributed by atoms with Crippen molar-refractivity contribution in [3.05, 3.63) is 63.1 Å². The summed E-state index contributed by atoms with van der Waals surface area (Å²) in [5.41, 5.74) is 17.2. The monoisotopic (exact) mass is 393 g/mol. The third-order valence-corrected chi connectivity index (χ3v) is 3.62. The fourth-order valence-corrected chi connectivity index (χ4v) is 2.44. The predicted molar refractivity (Wildman–Crippen MR) is 96.1 cm³/mol. The van der Waals surface area contributed by atoms with Crippen LogP contribution in [0.25, 0.3) is 0 Å². The van der Waals surface area contributed by atoms with E-state index in [1.54, 1.807) is 42.5 Å². The van der Waals surface area contributed by atoms with Gasteiger partial charge in [-0.15, -0.1) is 0 Å². The van der Waals surface area contributed by atoms with E-state index in [4.69, 9.17) is 28.8 Å². The second-order valence-corrected chi connectivity index (χ2v) is 5.80. The van der Waals surface area contributed by atoms with Crippen molar-refractivity contribution in [1.82, 2.24) is 0 Å². The van der Waals surface area contributed by atoms with Crippen LogP contribution in [0.3, 0.4) is 0 Å². The molecule has 23 heavy (non-hydrogen) atoms. The van der Waals surface area contributed by atoms with E-state index in [9.17, 15) is 4.79 Å². The summed E-state index contributed by atoms with van der Waals surface area (Å²) in [6, 6.07) is 11.7. The molecule has 6 N–H and O–H groups in total. The van der Waals surface area contributed by atoms with Crippen molar-refractivity contribution in [1.29, 1.82) is 0 Å². The van der Waals surface area contributed by atoms with Crippen LogP contribution in [-0.4, -0.2) is 17.7 Å². The minimum Gasteiger partial charge on any atom is -0.370 e. The summed E-state index contributed by atoms with van der Waals surface area (Å²) >= 11 is 9.42. The molecule has 0 aromatic heterocycles. The zero-order valence-corrected chi connectivity index (χ0v) is 14.2. The van der Waals surface area contributed by atoms with E-state index in [0.29, 0.717) is 26.3 Å². The molecule has 0 aliphatic heterocycles. The van der Waals surface area contributed by atoms with Crippen molar-refractivity contribution >= 4 is 50.9 Å². The number of rotatable bonds is 3. The molecule has 0 unspecified atom stereocenters. The molecular weight excluding hydrogens is 382 g/mol. The topological polar surface area (TPSA) is 120 Å². The minimum absolute atomic E-state index is 0.152. The molecule has 2 aromatic rings. The van der Waals surface area contributed by atoms with Crippen LogP contribution in [0.5, 0.6) is 0 Å². The van der Waals surface area contributed by atoms with Crippen LogP contribution in [0.15, 0.2) is 56.9 Å². The third-order valence-electron chi connectivity index (χ3n) is 2.80. The van der Waals surface area contributed by atoms with Crippen LogP contribution in [0, 0.1) is 0 Å². The summed E-state index contributed by atoms with van der Waals surface area (Å²) in [6.45, 7) is 0. The van der Waals surface area contributed by atoms with Crippen LogP contribution in [-0.2, 0) is 0 Å². The molecule has 0 radical (unpaired) electrons. The van der Waals surface area contributed by atoms with Crippen molar-refractivity contribution in [3.8, 4) is 0 Å². The van der Waals surface area contributed by atoms with Crippen LogP contribution >= 0.6 is 27.5 Å². The highest BCUT2D eigenvalue weighted by molar-refractivity contribution is 9.10. The van der Waals surface area contributed by atoms with Gasteiger partial charge in [-0.1, -0.05) is 39.7 Å². The predicted octanol–water partition coefficient (Wildman–Crippen LogP) is 2.55. The fraction of sp³-hybridized carbons (Fsp3) is 0. The van der Waals surface area contributed by atoms with Crippen molar-refractivity contribution in [2.75, 3.05) is 0 Å².